The lowest BCUT2D eigenvalue weighted by Gasteiger charge is -2.36. The molecule has 1 unspecified atom stereocenters. The fraction of sp³-hybridized carbons (Fsp3) is 0.571. The molecule has 1 saturated heterocycles. The van der Waals surface area contributed by atoms with E-state index in [1.165, 1.54) is 18.4 Å². The zero-order chi connectivity index (χ0) is 12.1. The predicted octanol–water partition coefficient (Wildman–Crippen LogP) is 2.14. The molecule has 1 aliphatic rings. The van der Waals surface area contributed by atoms with Crippen molar-refractivity contribution in [1.82, 2.24) is 10.2 Å². The van der Waals surface area contributed by atoms with Crippen molar-refractivity contribution in [2.45, 2.75) is 25.8 Å². The average Bonchev–Trinajstić information content (AvgIpc) is 2.37. The van der Waals surface area contributed by atoms with Crippen molar-refractivity contribution in [2.75, 3.05) is 26.2 Å². The van der Waals surface area contributed by atoms with Gasteiger partial charge in [-0.2, -0.15) is 0 Å². The first-order valence-corrected chi connectivity index (χ1v) is 6.55. The molecule has 0 aliphatic carbocycles. The van der Waals surface area contributed by atoms with Crippen LogP contribution in [0.1, 0.15) is 31.4 Å². The highest BCUT2D eigenvalue weighted by Crippen LogP contribution is 2.25. The molecule has 0 bridgehead atoms. The summed E-state index contributed by atoms with van der Waals surface area (Å²) < 4.78 is 0. The van der Waals surface area contributed by atoms with Crippen molar-refractivity contribution in [2.24, 2.45) is 0 Å². The van der Waals surface area contributed by atoms with Gasteiger partial charge in [0.2, 0.25) is 0 Å². The number of hydrogen-bond acceptors (Lipinski definition) is 3. The highest BCUT2D eigenvalue weighted by atomic mass is 16.3. The van der Waals surface area contributed by atoms with Crippen molar-refractivity contribution >= 4 is 0 Å². The molecule has 1 aromatic carbocycles. The lowest BCUT2D eigenvalue weighted by molar-refractivity contribution is 0.159. The minimum atomic E-state index is 0.364. The van der Waals surface area contributed by atoms with Gasteiger partial charge in [0.05, 0.1) is 0 Å². The normalized spacial score (nSPS) is 21.6. The Balaban J connectivity index is 2.10. The highest BCUT2D eigenvalue weighted by Gasteiger charge is 2.23. The van der Waals surface area contributed by atoms with Gasteiger partial charge in [-0.05, 0) is 30.7 Å². The van der Waals surface area contributed by atoms with Crippen LogP contribution in [0.2, 0.25) is 0 Å². The van der Waals surface area contributed by atoms with Crippen LogP contribution in [0.3, 0.4) is 0 Å². The van der Waals surface area contributed by atoms with E-state index in [4.69, 9.17) is 0 Å². The number of nitrogens with one attached hydrogen (secondary N) is 1. The van der Waals surface area contributed by atoms with Crippen LogP contribution in [0.5, 0.6) is 5.75 Å². The summed E-state index contributed by atoms with van der Waals surface area (Å²) in [5, 5.41) is 13.0. The Morgan fingerprint density at radius 1 is 1.47 bits per heavy atom. The van der Waals surface area contributed by atoms with Gasteiger partial charge in [0.25, 0.3) is 0 Å². The van der Waals surface area contributed by atoms with Crippen LogP contribution in [0, 0.1) is 0 Å². The van der Waals surface area contributed by atoms with Crippen LogP contribution in [0.15, 0.2) is 24.3 Å². The Hall–Kier alpha value is -1.06. The van der Waals surface area contributed by atoms with Crippen molar-refractivity contribution in [3.8, 4) is 5.75 Å². The van der Waals surface area contributed by atoms with Gasteiger partial charge in [0, 0.05) is 25.7 Å². The number of phenols is 1. The Labute approximate surface area is 103 Å². The van der Waals surface area contributed by atoms with Gasteiger partial charge in [-0.15, -0.1) is 0 Å². The van der Waals surface area contributed by atoms with Gasteiger partial charge in [-0.3, -0.25) is 4.90 Å². The summed E-state index contributed by atoms with van der Waals surface area (Å²) in [6.45, 7) is 6.52. The SMILES string of the molecule is CCCCN1CCNCC1c1cccc(O)c1. The topological polar surface area (TPSA) is 35.5 Å². The molecule has 2 N–H and O–H groups in total. The number of rotatable bonds is 4. The van der Waals surface area contributed by atoms with Crippen molar-refractivity contribution in [3.05, 3.63) is 29.8 Å². The number of unbranched alkanes of at least 4 members (excludes halogenated alkanes) is 1. The summed E-state index contributed by atoms with van der Waals surface area (Å²) in [4.78, 5) is 2.52. The van der Waals surface area contributed by atoms with E-state index in [0.717, 1.165) is 26.2 Å². The monoisotopic (exact) mass is 234 g/mol. The maximum absolute atomic E-state index is 9.57. The third kappa shape index (κ3) is 3.20. The molecule has 3 nitrogen and oxygen atoms in total. The van der Waals surface area contributed by atoms with E-state index in [1.54, 1.807) is 6.07 Å². The summed E-state index contributed by atoms with van der Waals surface area (Å²) in [5.41, 5.74) is 1.22. The number of benzene rings is 1. The molecule has 94 valence electrons. The molecule has 0 amide bonds. The van der Waals surface area contributed by atoms with Crippen molar-refractivity contribution in [1.29, 1.82) is 0 Å². The first-order chi connectivity index (χ1) is 8.31. The maximum atomic E-state index is 9.57. The van der Waals surface area contributed by atoms with Gasteiger partial charge in [-0.1, -0.05) is 25.5 Å². The summed E-state index contributed by atoms with van der Waals surface area (Å²) in [5.74, 6) is 0.364. The van der Waals surface area contributed by atoms with E-state index in [1.807, 2.05) is 12.1 Å². The Kier molecular flexibility index (Phi) is 4.40. The van der Waals surface area contributed by atoms with Crippen molar-refractivity contribution in [3.63, 3.8) is 0 Å². The number of aromatic hydroxyl groups is 1. The van der Waals surface area contributed by atoms with Gasteiger partial charge < -0.3 is 10.4 Å². The second-order valence-corrected chi connectivity index (χ2v) is 4.70. The molecule has 0 spiro atoms. The van der Waals surface area contributed by atoms with Crippen molar-refractivity contribution < 1.29 is 5.11 Å². The zero-order valence-electron chi connectivity index (χ0n) is 10.5. The Bertz CT molecular complexity index is 354. The molecule has 1 fully saturated rings. The predicted molar refractivity (Wildman–Crippen MR) is 70.2 cm³/mol. The fourth-order valence-electron chi connectivity index (χ4n) is 2.44. The lowest BCUT2D eigenvalue weighted by Crippen LogP contribution is -2.46. The molecular weight excluding hydrogens is 212 g/mol. The maximum Gasteiger partial charge on any atom is 0.115 e. The summed E-state index contributed by atoms with van der Waals surface area (Å²) in [6, 6.07) is 8.06. The lowest BCUT2D eigenvalue weighted by atomic mass is 10.0. The summed E-state index contributed by atoms with van der Waals surface area (Å²) in [7, 11) is 0. The van der Waals surface area contributed by atoms with E-state index < -0.39 is 0 Å². The van der Waals surface area contributed by atoms with E-state index >= 15 is 0 Å². The molecule has 1 aromatic rings. The van der Waals surface area contributed by atoms with Crippen LogP contribution < -0.4 is 5.32 Å². The summed E-state index contributed by atoms with van der Waals surface area (Å²) in [6.07, 6.45) is 2.48. The molecule has 0 aromatic heterocycles. The second-order valence-electron chi connectivity index (χ2n) is 4.70. The summed E-state index contributed by atoms with van der Waals surface area (Å²) >= 11 is 0. The van der Waals surface area contributed by atoms with Crippen LogP contribution >= 0.6 is 0 Å². The third-order valence-corrected chi connectivity index (χ3v) is 3.41. The number of piperazine rings is 1. The standard InChI is InChI=1S/C14H22N2O/c1-2-3-8-16-9-7-15-11-14(16)12-5-4-6-13(17)10-12/h4-6,10,14-15,17H,2-3,7-9,11H2,1H3. The molecule has 2 rings (SSSR count). The molecule has 1 aliphatic heterocycles. The molecule has 3 heteroatoms. The first-order valence-electron chi connectivity index (χ1n) is 6.55. The Morgan fingerprint density at radius 3 is 3.12 bits per heavy atom. The largest absolute Gasteiger partial charge is 0.508 e. The van der Waals surface area contributed by atoms with E-state index in [-0.39, 0.29) is 0 Å². The van der Waals surface area contributed by atoms with Gasteiger partial charge in [0.1, 0.15) is 5.75 Å². The quantitative estimate of drug-likeness (QED) is 0.838. The number of nitrogens with zero attached hydrogens (tertiary/aromatic N) is 1. The fourth-order valence-corrected chi connectivity index (χ4v) is 2.44. The second kappa shape index (κ2) is 6.03. The van der Waals surface area contributed by atoms with Crippen LogP contribution in [0.4, 0.5) is 0 Å². The van der Waals surface area contributed by atoms with E-state index in [0.29, 0.717) is 11.8 Å². The van der Waals surface area contributed by atoms with Gasteiger partial charge in [-0.25, -0.2) is 0 Å². The smallest absolute Gasteiger partial charge is 0.115 e. The minimum absolute atomic E-state index is 0.364. The highest BCUT2D eigenvalue weighted by molar-refractivity contribution is 5.30. The zero-order valence-corrected chi connectivity index (χ0v) is 10.5. The van der Waals surface area contributed by atoms with E-state index in [2.05, 4.69) is 23.2 Å². The molecule has 1 atom stereocenters. The van der Waals surface area contributed by atoms with E-state index in [9.17, 15) is 5.11 Å². The molecule has 1 heterocycles. The van der Waals surface area contributed by atoms with Crippen LogP contribution in [-0.2, 0) is 0 Å². The molecular formula is C14H22N2O. The molecule has 0 saturated carbocycles. The van der Waals surface area contributed by atoms with Crippen LogP contribution in [0.25, 0.3) is 0 Å². The number of hydrogen-bond donors (Lipinski definition) is 2. The molecule has 17 heavy (non-hydrogen) atoms. The third-order valence-electron chi connectivity index (χ3n) is 3.41. The average molecular weight is 234 g/mol. The van der Waals surface area contributed by atoms with Gasteiger partial charge >= 0.3 is 0 Å². The van der Waals surface area contributed by atoms with Gasteiger partial charge in [0.15, 0.2) is 0 Å². The first kappa shape index (κ1) is 12.4. The minimum Gasteiger partial charge on any atom is -0.508 e. The Morgan fingerprint density at radius 2 is 2.35 bits per heavy atom. The van der Waals surface area contributed by atoms with Crippen LogP contribution in [-0.4, -0.2) is 36.2 Å². The molecule has 0 radical (unpaired) electrons. The number of phenolic OH excluding ortho intramolecular Hbond substituents is 1.